The molecular formula is C39H23NOS. The highest BCUT2D eigenvalue weighted by Gasteiger charge is 2.56. The summed E-state index contributed by atoms with van der Waals surface area (Å²) < 4.78 is 7.00. The number of hydrogen-bond acceptors (Lipinski definition) is 3. The van der Waals surface area contributed by atoms with E-state index < -0.39 is 5.41 Å². The third-order valence-corrected chi connectivity index (χ3v) is 10.4. The van der Waals surface area contributed by atoms with Crippen LogP contribution >= 0.6 is 11.8 Å². The second-order valence-electron chi connectivity index (χ2n) is 11.2. The van der Waals surface area contributed by atoms with Gasteiger partial charge in [-0.25, -0.2) is 0 Å². The van der Waals surface area contributed by atoms with Crippen LogP contribution in [0.5, 0.6) is 0 Å². The molecule has 1 aliphatic heterocycles. The summed E-state index contributed by atoms with van der Waals surface area (Å²) in [6, 6.07) is 50.7. The van der Waals surface area contributed by atoms with E-state index in [1.54, 1.807) is 0 Å². The van der Waals surface area contributed by atoms with Crippen molar-refractivity contribution in [3.05, 3.63) is 162 Å². The molecule has 0 saturated heterocycles. The summed E-state index contributed by atoms with van der Waals surface area (Å²) in [5, 5.41) is 1.17. The van der Waals surface area contributed by atoms with Gasteiger partial charge in [0, 0.05) is 26.3 Å². The number of para-hydroxylation sites is 3. The molecule has 3 heteroatoms. The second kappa shape index (κ2) is 8.06. The van der Waals surface area contributed by atoms with Crippen LogP contribution in [-0.2, 0) is 5.41 Å². The Kier molecular flexibility index (Phi) is 4.35. The molecule has 42 heavy (non-hydrogen) atoms. The Morgan fingerprint density at radius 1 is 0.500 bits per heavy atom. The van der Waals surface area contributed by atoms with Gasteiger partial charge in [-0.15, -0.1) is 0 Å². The molecule has 3 aliphatic rings. The highest BCUT2D eigenvalue weighted by Crippen LogP contribution is 2.67. The van der Waals surface area contributed by atoms with Crippen LogP contribution in [-0.4, -0.2) is 0 Å². The average molecular weight is 554 g/mol. The fourth-order valence-electron chi connectivity index (χ4n) is 7.73. The van der Waals surface area contributed by atoms with Gasteiger partial charge in [-0.3, -0.25) is 0 Å². The predicted molar refractivity (Wildman–Crippen MR) is 171 cm³/mol. The molecule has 2 aliphatic carbocycles. The Hall–Kier alpha value is -4.99. The van der Waals surface area contributed by atoms with Crippen LogP contribution in [0.25, 0.3) is 33.2 Å². The fraction of sp³-hybridized carbons (Fsp3) is 0.0256. The van der Waals surface area contributed by atoms with Crippen molar-refractivity contribution >= 4 is 39.8 Å². The zero-order chi connectivity index (χ0) is 27.4. The van der Waals surface area contributed by atoms with Gasteiger partial charge in [0.05, 0.1) is 17.1 Å². The number of hydrogen-bond donors (Lipinski definition) is 0. The molecule has 2 nitrogen and oxygen atoms in total. The number of nitrogens with zero attached hydrogens (tertiary/aromatic N) is 1. The first-order valence-electron chi connectivity index (χ1n) is 14.4. The summed E-state index contributed by atoms with van der Waals surface area (Å²) in [7, 11) is 0. The van der Waals surface area contributed by atoms with Gasteiger partial charge in [0.15, 0.2) is 0 Å². The minimum atomic E-state index is -0.581. The Morgan fingerprint density at radius 3 is 1.86 bits per heavy atom. The van der Waals surface area contributed by atoms with E-state index in [-0.39, 0.29) is 0 Å². The summed E-state index contributed by atoms with van der Waals surface area (Å²) in [4.78, 5) is 5.00. The third kappa shape index (κ3) is 2.63. The molecule has 0 bridgehead atoms. The topological polar surface area (TPSA) is 16.4 Å². The van der Waals surface area contributed by atoms with Crippen molar-refractivity contribution in [1.82, 2.24) is 0 Å². The van der Waals surface area contributed by atoms with E-state index >= 15 is 0 Å². The summed E-state index contributed by atoms with van der Waals surface area (Å²) in [5.41, 5.74) is 12.8. The lowest BCUT2D eigenvalue weighted by Crippen LogP contribution is -2.28. The lowest BCUT2D eigenvalue weighted by Gasteiger charge is -2.37. The van der Waals surface area contributed by atoms with E-state index in [2.05, 4.69) is 144 Å². The van der Waals surface area contributed by atoms with E-state index in [0.29, 0.717) is 0 Å². The Bertz CT molecular complexity index is 2220. The van der Waals surface area contributed by atoms with Gasteiger partial charge in [-0.1, -0.05) is 115 Å². The normalized spacial score (nSPS) is 17.0. The summed E-state index contributed by atoms with van der Waals surface area (Å²) in [5.74, 6) is 1.02. The lowest BCUT2D eigenvalue weighted by atomic mass is 9.72. The van der Waals surface area contributed by atoms with Crippen LogP contribution < -0.4 is 4.90 Å². The molecule has 7 aromatic rings. The molecule has 6 aromatic carbocycles. The minimum Gasteiger partial charge on any atom is -0.459 e. The molecule has 1 atom stereocenters. The maximum absolute atomic E-state index is 7.00. The van der Waals surface area contributed by atoms with Crippen molar-refractivity contribution in [2.45, 2.75) is 15.2 Å². The number of anilines is 3. The van der Waals surface area contributed by atoms with Gasteiger partial charge in [-0.05, 0) is 64.2 Å². The van der Waals surface area contributed by atoms with E-state index in [4.69, 9.17) is 4.42 Å². The Morgan fingerprint density at radius 2 is 1.07 bits per heavy atom. The van der Waals surface area contributed by atoms with E-state index in [0.717, 1.165) is 11.3 Å². The number of furan rings is 1. The minimum absolute atomic E-state index is 0.581. The molecule has 0 fully saturated rings. The van der Waals surface area contributed by atoms with Gasteiger partial charge in [0.25, 0.3) is 0 Å². The molecule has 0 amide bonds. The first kappa shape index (κ1) is 22.7. The molecule has 1 aromatic heterocycles. The molecule has 196 valence electrons. The maximum Gasteiger partial charge on any atom is 0.135 e. The second-order valence-corrected chi connectivity index (χ2v) is 12.3. The Balaban J connectivity index is 1.39. The van der Waals surface area contributed by atoms with Gasteiger partial charge in [0.2, 0.25) is 0 Å². The van der Waals surface area contributed by atoms with Crippen molar-refractivity contribution in [2.24, 2.45) is 0 Å². The molecule has 10 rings (SSSR count). The Labute approximate surface area is 247 Å². The van der Waals surface area contributed by atoms with Crippen LogP contribution in [0.1, 0.15) is 22.5 Å². The smallest absolute Gasteiger partial charge is 0.135 e. The molecule has 2 heterocycles. The van der Waals surface area contributed by atoms with Crippen LogP contribution in [0.15, 0.2) is 154 Å². The highest BCUT2D eigenvalue weighted by atomic mass is 32.2. The summed E-state index contributed by atoms with van der Waals surface area (Å²) in [6.07, 6.45) is 0. The molecule has 1 spiro atoms. The van der Waals surface area contributed by atoms with Gasteiger partial charge in [-0.2, -0.15) is 0 Å². The fourth-order valence-corrected chi connectivity index (χ4v) is 8.79. The number of benzene rings is 6. The number of fused-ring (bicyclic) bond motifs is 14. The molecule has 1 unspecified atom stereocenters. The van der Waals surface area contributed by atoms with Gasteiger partial charge >= 0.3 is 0 Å². The zero-order valence-electron chi connectivity index (χ0n) is 22.5. The SMILES string of the molecule is c1ccc2c(c1)Sc1ccccc1N2c1cccc2c1C1(c3ccccc3-2)c2ccccc2-c2c1oc1ccccc21. The van der Waals surface area contributed by atoms with E-state index in [1.165, 1.54) is 71.2 Å². The number of rotatable bonds is 1. The molecule has 0 N–H and O–H groups in total. The quantitative estimate of drug-likeness (QED) is 0.201. The highest BCUT2D eigenvalue weighted by molar-refractivity contribution is 7.99. The summed E-state index contributed by atoms with van der Waals surface area (Å²) in [6.45, 7) is 0. The van der Waals surface area contributed by atoms with Crippen LogP contribution in [0, 0.1) is 0 Å². The molecular weight excluding hydrogens is 531 g/mol. The molecule has 0 saturated carbocycles. The summed E-state index contributed by atoms with van der Waals surface area (Å²) >= 11 is 1.85. The van der Waals surface area contributed by atoms with Gasteiger partial charge < -0.3 is 9.32 Å². The third-order valence-electron chi connectivity index (χ3n) is 9.25. The zero-order valence-corrected chi connectivity index (χ0v) is 23.4. The van der Waals surface area contributed by atoms with Crippen LogP contribution in [0.3, 0.4) is 0 Å². The average Bonchev–Trinajstić information content (AvgIpc) is 3.67. The monoisotopic (exact) mass is 553 g/mol. The van der Waals surface area contributed by atoms with E-state index in [9.17, 15) is 0 Å². The van der Waals surface area contributed by atoms with Crippen molar-refractivity contribution in [3.63, 3.8) is 0 Å². The van der Waals surface area contributed by atoms with Crippen molar-refractivity contribution < 1.29 is 4.42 Å². The van der Waals surface area contributed by atoms with Gasteiger partial charge in [0.1, 0.15) is 16.8 Å². The van der Waals surface area contributed by atoms with Crippen molar-refractivity contribution in [1.29, 1.82) is 0 Å². The largest absolute Gasteiger partial charge is 0.459 e. The van der Waals surface area contributed by atoms with Crippen molar-refractivity contribution in [3.8, 4) is 22.3 Å². The lowest BCUT2D eigenvalue weighted by molar-refractivity contribution is 0.507. The van der Waals surface area contributed by atoms with Crippen LogP contribution in [0.4, 0.5) is 17.1 Å². The van der Waals surface area contributed by atoms with Crippen molar-refractivity contribution in [2.75, 3.05) is 4.90 Å². The first-order chi connectivity index (χ1) is 20.9. The standard InChI is InChI=1S/C39H23NOS/c1-4-16-28-24(12-1)25-15-11-20-32(40-30-18-6-9-22-34(30)42-35-23-10-7-19-31(35)40)37(25)39(28)29-17-5-2-13-26(29)36-27-14-3-8-21-33(27)41-38(36)39/h1-23H. The first-order valence-corrected chi connectivity index (χ1v) is 15.2. The van der Waals surface area contributed by atoms with Crippen LogP contribution in [0.2, 0.25) is 0 Å². The maximum atomic E-state index is 7.00. The van der Waals surface area contributed by atoms with E-state index in [1.807, 2.05) is 11.8 Å². The molecule has 0 radical (unpaired) electrons. The predicted octanol–water partition coefficient (Wildman–Crippen LogP) is 10.7.